The van der Waals surface area contributed by atoms with Crippen molar-refractivity contribution in [2.75, 3.05) is 0 Å². The normalized spacial score (nSPS) is 11.6. The fraction of sp³-hybridized carbons (Fsp3) is 0. The fourth-order valence-corrected chi connectivity index (χ4v) is 0. The maximum atomic E-state index is 9.15. The maximum Gasteiger partial charge on any atom is 0.275 e. The molecule has 3 nitrogen and oxygen atoms in total. The van der Waals surface area contributed by atoms with Crippen LogP contribution >= 0.6 is 8.44 Å². The van der Waals surface area contributed by atoms with Gasteiger partial charge in [-0.2, -0.15) is 8.42 Å². The Balaban J connectivity index is 4.06. The summed E-state index contributed by atoms with van der Waals surface area (Å²) in [5.74, 6) is 0. The Kier molecular flexibility index (Phi) is 1.29. The van der Waals surface area contributed by atoms with Crippen molar-refractivity contribution >= 4 is 18.2 Å². The molecule has 5 heteroatoms. The monoisotopic (exact) mass is 114 g/mol. The first-order valence-corrected chi connectivity index (χ1v) is 3.67. The molecular weight excluding hydrogens is 111 g/mol. The van der Waals surface area contributed by atoms with E-state index in [1.807, 2.05) is 0 Å². The fourth-order valence-electron chi connectivity index (χ4n) is 0. The highest BCUT2D eigenvalue weighted by Crippen LogP contribution is 1.89. The van der Waals surface area contributed by atoms with Gasteiger partial charge in [0.2, 0.25) is 0 Å². The van der Waals surface area contributed by atoms with Crippen molar-refractivity contribution in [3.8, 4) is 0 Å². The topological polar surface area (TPSA) is 54.4 Å². The number of rotatable bonds is 0. The van der Waals surface area contributed by atoms with E-state index < -0.39 is 9.74 Å². The summed E-state index contributed by atoms with van der Waals surface area (Å²) in [6.45, 7) is 0. The van der Waals surface area contributed by atoms with E-state index in [0.29, 0.717) is 0 Å². The van der Waals surface area contributed by atoms with Gasteiger partial charge in [0, 0.05) is 8.44 Å². The minimum Gasteiger partial charge on any atom is -0.283 e. The maximum absolute atomic E-state index is 9.15. The molecule has 0 amide bonds. The molecule has 1 unspecified atom stereocenters. The van der Waals surface area contributed by atoms with Crippen LogP contribution in [-0.4, -0.2) is 13.0 Å². The van der Waals surface area contributed by atoms with Crippen molar-refractivity contribution in [2.24, 2.45) is 0 Å². The third kappa shape index (κ3) is 206. The molecule has 32 valence electrons. The summed E-state index contributed by atoms with van der Waals surface area (Å²) in [5.41, 5.74) is 0. The summed E-state index contributed by atoms with van der Waals surface area (Å²) in [6.07, 6.45) is 0. The van der Waals surface area contributed by atoms with Crippen LogP contribution in [0.15, 0.2) is 0 Å². The van der Waals surface area contributed by atoms with Crippen LogP contribution in [0.2, 0.25) is 0 Å². The SMILES string of the molecule is O=S(=O)(O)P. The van der Waals surface area contributed by atoms with E-state index >= 15 is 0 Å². The Morgan fingerprint density at radius 2 is 1.60 bits per heavy atom. The van der Waals surface area contributed by atoms with E-state index in [9.17, 15) is 0 Å². The zero-order valence-corrected chi connectivity index (χ0v) is 4.22. The van der Waals surface area contributed by atoms with Gasteiger partial charge in [0.05, 0.1) is 0 Å². The molecule has 0 aromatic heterocycles. The quantitative estimate of drug-likeness (QED) is 0.346. The smallest absolute Gasteiger partial charge is 0.275 e. The van der Waals surface area contributed by atoms with E-state index in [1.165, 1.54) is 8.44 Å². The van der Waals surface area contributed by atoms with Crippen LogP contribution in [0, 0.1) is 0 Å². The predicted molar refractivity (Wildman–Crippen MR) is 21.3 cm³/mol. The molecule has 0 aliphatic carbocycles. The summed E-state index contributed by atoms with van der Waals surface area (Å²) in [5, 5.41) is 0. The second kappa shape index (κ2) is 1.20. The van der Waals surface area contributed by atoms with Crippen LogP contribution in [0.5, 0.6) is 0 Å². The van der Waals surface area contributed by atoms with E-state index in [1.54, 1.807) is 0 Å². The zero-order chi connectivity index (χ0) is 4.50. The van der Waals surface area contributed by atoms with Crippen molar-refractivity contribution < 1.29 is 13.0 Å². The van der Waals surface area contributed by atoms with Gasteiger partial charge in [-0.3, -0.25) is 4.55 Å². The van der Waals surface area contributed by atoms with E-state index in [2.05, 4.69) is 0 Å². The van der Waals surface area contributed by atoms with Gasteiger partial charge in [0.25, 0.3) is 9.74 Å². The van der Waals surface area contributed by atoms with Crippen molar-refractivity contribution in [3.05, 3.63) is 0 Å². The van der Waals surface area contributed by atoms with Gasteiger partial charge in [-0.25, -0.2) is 0 Å². The molecule has 0 fully saturated rings. The van der Waals surface area contributed by atoms with Gasteiger partial charge in [0.1, 0.15) is 0 Å². The summed E-state index contributed by atoms with van der Waals surface area (Å²) >= 11 is 0. The largest absolute Gasteiger partial charge is 0.283 e. The number of hydrogen-bond donors (Lipinski definition) is 1. The van der Waals surface area contributed by atoms with E-state index in [4.69, 9.17) is 13.0 Å². The molecule has 1 N–H and O–H groups in total. The summed E-state index contributed by atoms with van der Waals surface area (Å²) in [7, 11) is -2.51. The van der Waals surface area contributed by atoms with Crippen molar-refractivity contribution in [2.45, 2.75) is 0 Å². The molecule has 1 atom stereocenters. The standard InChI is InChI=1S/H3O3PS/c1-5(2,3)4/h4H2,(H,1,2,3). The lowest BCUT2D eigenvalue weighted by Gasteiger charge is -1.69. The third-order valence-electron chi connectivity index (χ3n) is 0. The Hall–Kier alpha value is 0.340. The molecule has 0 radical (unpaired) electrons. The molecule has 0 spiro atoms. The highest BCUT2D eigenvalue weighted by Gasteiger charge is 1.81. The Labute approximate surface area is 32.1 Å². The Morgan fingerprint density at radius 1 is 1.60 bits per heavy atom. The molecule has 0 saturated heterocycles. The minimum absolute atomic E-state index is 1.24. The van der Waals surface area contributed by atoms with Gasteiger partial charge in [-0.1, -0.05) is 0 Å². The van der Waals surface area contributed by atoms with Crippen molar-refractivity contribution in [3.63, 3.8) is 0 Å². The predicted octanol–water partition coefficient (Wildman–Crippen LogP) is -0.336. The number of hydrogen-bond acceptors (Lipinski definition) is 2. The molecule has 0 aromatic carbocycles. The van der Waals surface area contributed by atoms with Crippen molar-refractivity contribution in [1.82, 2.24) is 0 Å². The third-order valence-corrected chi connectivity index (χ3v) is 0. The van der Waals surface area contributed by atoms with Crippen LogP contribution < -0.4 is 0 Å². The summed E-state index contributed by atoms with van der Waals surface area (Å²) < 4.78 is 25.8. The molecule has 0 bridgehead atoms. The minimum atomic E-state index is -3.75. The lowest BCUT2D eigenvalue weighted by atomic mass is 15.9. The van der Waals surface area contributed by atoms with Crippen LogP contribution in [0.1, 0.15) is 0 Å². The van der Waals surface area contributed by atoms with Gasteiger partial charge in [0.15, 0.2) is 0 Å². The lowest BCUT2D eigenvalue weighted by molar-refractivity contribution is 0.503. The van der Waals surface area contributed by atoms with E-state index in [-0.39, 0.29) is 0 Å². The lowest BCUT2D eigenvalue weighted by Crippen LogP contribution is -1.76. The molecule has 0 heterocycles. The second-order valence-corrected chi connectivity index (χ2v) is 3.33. The summed E-state index contributed by atoms with van der Waals surface area (Å²) in [6, 6.07) is 0. The Bertz CT molecular complexity index is 90.1. The van der Waals surface area contributed by atoms with Crippen LogP contribution in [-0.2, 0) is 9.74 Å². The first-order chi connectivity index (χ1) is 2.00. The first-order valence-electron chi connectivity index (χ1n) is 0.752. The van der Waals surface area contributed by atoms with Crippen LogP contribution in [0.4, 0.5) is 0 Å². The molecule has 0 aromatic rings. The molecular formula is H3O3PS. The molecule has 0 saturated carbocycles. The van der Waals surface area contributed by atoms with Gasteiger partial charge in [-0.05, 0) is 0 Å². The van der Waals surface area contributed by atoms with E-state index in [0.717, 1.165) is 0 Å². The second-order valence-electron chi connectivity index (χ2n) is 0.515. The van der Waals surface area contributed by atoms with Gasteiger partial charge >= 0.3 is 0 Å². The highest BCUT2D eigenvalue weighted by molar-refractivity contribution is 8.34. The zero-order valence-electron chi connectivity index (χ0n) is 2.25. The van der Waals surface area contributed by atoms with Crippen molar-refractivity contribution in [1.29, 1.82) is 0 Å². The van der Waals surface area contributed by atoms with Crippen LogP contribution in [0.25, 0.3) is 0 Å². The molecule has 5 heavy (non-hydrogen) atoms. The molecule has 0 rings (SSSR count). The molecule has 0 aliphatic heterocycles. The Morgan fingerprint density at radius 3 is 1.60 bits per heavy atom. The van der Waals surface area contributed by atoms with Crippen LogP contribution in [0.3, 0.4) is 0 Å². The average Bonchev–Trinajstić information content (AvgIpc) is 0.722. The first kappa shape index (κ1) is 5.34. The summed E-state index contributed by atoms with van der Waals surface area (Å²) in [4.78, 5) is 0. The van der Waals surface area contributed by atoms with Gasteiger partial charge < -0.3 is 0 Å². The van der Waals surface area contributed by atoms with Gasteiger partial charge in [-0.15, -0.1) is 0 Å². The highest BCUT2D eigenvalue weighted by atomic mass is 32.7. The molecule has 0 aliphatic rings. The average molecular weight is 114 g/mol.